The number of carbonyl (C=O) groups is 3. The van der Waals surface area contributed by atoms with Crippen LogP contribution < -0.4 is 0 Å². The molecular weight excluding hydrogens is 642 g/mol. The lowest BCUT2D eigenvalue weighted by atomic mass is 10.0. The van der Waals surface area contributed by atoms with Gasteiger partial charge in [-0.15, -0.1) is 0 Å². The van der Waals surface area contributed by atoms with Crippen molar-refractivity contribution in [3.05, 3.63) is 36.5 Å². The largest absolute Gasteiger partial charge is 0.477 e. The first-order valence-corrected chi connectivity index (χ1v) is 20.5. The van der Waals surface area contributed by atoms with Gasteiger partial charge in [-0.3, -0.25) is 9.59 Å². The van der Waals surface area contributed by atoms with Crippen molar-refractivity contribution in [1.82, 2.24) is 0 Å². The van der Waals surface area contributed by atoms with Gasteiger partial charge in [0.25, 0.3) is 0 Å². The van der Waals surface area contributed by atoms with Crippen LogP contribution in [0.1, 0.15) is 168 Å². The zero-order valence-corrected chi connectivity index (χ0v) is 33.6. The summed E-state index contributed by atoms with van der Waals surface area (Å²) in [6.45, 7) is 4.58. The number of rotatable bonds is 36. The maximum Gasteiger partial charge on any atom is 0.362 e. The van der Waals surface area contributed by atoms with Crippen LogP contribution in [0, 0.1) is 0 Å². The molecule has 0 bridgehead atoms. The van der Waals surface area contributed by atoms with Gasteiger partial charge in [0.2, 0.25) is 0 Å². The number of unbranched alkanes of at least 4 members (excludes halogenated alkanes) is 16. The molecule has 0 aromatic rings. The standard InChI is InChI=1S/C43H77NO7/c1-6-8-10-12-14-16-18-20-21-22-24-25-27-29-31-33-41(45)50-38-39(37-49-36-35-40(43(47)48)44(3,4)5)51-42(46)34-32-30-28-26-23-19-17-15-13-11-9-7-2/h9,11,15,17,23,26,39-40H,6-8,10,12-14,16,18-22,24-25,27-38H2,1-5H3/p+1/b11-9+,17-15+,26-23+. The lowest BCUT2D eigenvalue weighted by Crippen LogP contribution is -2.50. The third-order valence-corrected chi connectivity index (χ3v) is 9.05. The van der Waals surface area contributed by atoms with E-state index in [0.29, 0.717) is 19.3 Å². The number of aliphatic carboxylic acids is 1. The predicted octanol–water partition coefficient (Wildman–Crippen LogP) is 10.7. The number of allylic oxidation sites excluding steroid dienone is 6. The van der Waals surface area contributed by atoms with Crippen molar-refractivity contribution in [3.8, 4) is 0 Å². The van der Waals surface area contributed by atoms with Crippen LogP contribution in [-0.4, -0.2) is 80.6 Å². The van der Waals surface area contributed by atoms with Crippen LogP contribution in [0.2, 0.25) is 0 Å². The van der Waals surface area contributed by atoms with Crippen LogP contribution in [0.25, 0.3) is 0 Å². The van der Waals surface area contributed by atoms with Gasteiger partial charge in [0, 0.05) is 19.3 Å². The van der Waals surface area contributed by atoms with E-state index in [4.69, 9.17) is 14.2 Å². The average Bonchev–Trinajstić information content (AvgIpc) is 3.08. The van der Waals surface area contributed by atoms with Crippen LogP contribution in [0.4, 0.5) is 0 Å². The quantitative estimate of drug-likeness (QED) is 0.0298. The molecule has 0 aromatic carbocycles. The molecule has 0 aliphatic heterocycles. The number of carboxylic acid groups (broad SMARTS) is 1. The molecule has 0 saturated carbocycles. The third-order valence-electron chi connectivity index (χ3n) is 9.05. The molecule has 51 heavy (non-hydrogen) atoms. The number of likely N-dealkylation sites (N-methyl/N-ethyl adjacent to an activating group) is 1. The minimum absolute atomic E-state index is 0.0476. The van der Waals surface area contributed by atoms with Crippen molar-refractivity contribution in [2.24, 2.45) is 0 Å². The summed E-state index contributed by atoms with van der Waals surface area (Å²) in [6.07, 6.45) is 37.6. The van der Waals surface area contributed by atoms with Crippen LogP contribution in [0.3, 0.4) is 0 Å². The first-order valence-electron chi connectivity index (χ1n) is 20.5. The van der Waals surface area contributed by atoms with E-state index in [1.54, 1.807) is 0 Å². The van der Waals surface area contributed by atoms with Crippen molar-refractivity contribution in [1.29, 1.82) is 0 Å². The summed E-state index contributed by atoms with van der Waals surface area (Å²) in [5, 5.41) is 9.59. The zero-order valence-electron chi connectivity index (χ0n) is 33.6. The number of hydrogen-bond acceptors (Lipinski definition) is 6. The van der Waals surface area contributed by atoms with E-state index in [0.717, 1.165) is 51.4 Å². The number of carbonyl (C=O) groups excluding carboxylic acids is 2. The fourth-order valence-corrected chi connectivity index (χ4v) is 5.87. The Morgan fingerprint density at radius 1 is 0.608 bits per heavy atom. The molecule has 0 aromatic heterocycles. The highest BCUT2D eigenvalue weighted by atomic mass is 16.6. The minimum atomic E-state index is -0.882. The Balaban J connectivity index is 4.40. The number of quaternary nitrogens is 1. The van der Waals surface area contributed by atoms with Crippen LogP contribution in [0.5, 0.6) is 0 Å². The van der Waals surface area contributed by atoms with Gasteiger partial charge in [0.1, 0.15) is 6.61 Å². The molecule has 0 aliphatic carbocycles. The smallest absolute Gasteiger partial charge is 0.362 e. The number of ether oxygens (including phenoxy) is 3. The minimum Gasteiger partial charge on any atom is -0.477 e. The molecule has 296 valence electrons. The molecule has 2 unspecified atom stereocenters. The zero-order chi connectivity index (χ0) is 37.8. The van der Waals surface area contributed by atoms with Gasteiger partial charge in [0.15, 0.2) is 12.1 Å². The summed E-state index contributed by atoms with van der Waals surface area (Å²) >= 11 is 0. The molecule has 8 heteroatoms. The molecule has 0 fully saturated rings. The highest BCUT2D eigenvalue weighted by molar-refractivity contribution is 5.72. The third kappa shape index (κ3) is 33.2. The summed E-state index contributed by atoms with van der Waals surface area (Å²) in [5.74, 6) is -1.52. The highest BCUT2D eigenvalue weighted by Gasteiger charge is 2.31. The van der Waals surface area contributed by atoms with E-state index in [1.165, 1.54) is 77.0 Å². The topological polar surface area (TPSA) is 99.1 Å². The summed E-state index contributed by atoms with van der Waals surface area (Å²) in [6, 6.07) is -0.619. The van der Waals surface area contributed by atoms with Crippen LogP contribution in [0.15, 0.2) is 36.5 Å². The van der Waals surface area contributed by atoms with E-state index in [-0.39, 0.29) is 42.7 Å². The second-order valence-corrected chi connectivity index (χ2v) is 14.9. The van der Waals surface area contributed by atoms with E-state index in [9.17, 15) is 19.5 Å². The van der Waals surface area contributed by atoms with Gasteiger partial charge in [-0.1, -0.05) is 140 Å². The molecule has 0 heterocycles. The van der Waals surface area contributed by atoms with Crippen molar-refractivity contribution < 1.29 is 38.2 Å². The van der Waals surface area contributed by atoms with Gasteiger partial charge >= 0.3 is 17.9 Å². The van der Waals surface area contributed by atoms with Gasteiger partial charge in [-0.05, 0) is 44.9 Å². The first kappa shape index (κ1) is 48.5. The highest BCUT2D eigenvalue weighted by Crippen LogP contribution is 2.15. The number of carboxylic acids is 1. The summed E-state index contributed by atoms with van der Waals surface area (Å²) in [5.41, 5.74) is 0. The van der Waals surface area contributed by atoms with Gasteiger partial charge in [-0.25, -0.2) is 4.79 Å². The van der Waals surface area contributed by atoms with Gasteiger partial charge in [-0.2, -0.15) is 0 Å². The van der Waals surface area contributed by atoms with Gasteiger partial charge < -0.3 is 23.8 Å². The SMILES string of the molecule is CC/C=C/C/C=C/C/C=C/CCCCC(=O)OC(COCCC(C(=O)O)[N+](C)(C)C)COC(=O)CCCCCCCCCCCCCCCCC. The average molecular weight is 721 g/mol. The van der Waals surface area contributed by atoms with E-state index in [2.05, 4.69) is 50.3 Å². The monoisotopic (exact) mass is 721 g/mol. The molecular formula is C43H78NO7+. The molecule has 0 rings (SSSR count). The maximum atomic E-state index is 12.6. The van der Waals surface area contributed by atoms with Crippen molar-refractivity contribution in [2.75, 3.05) is 41.0 Å². The number of hydrogen-bond donors (Lipinski definition) is 1. The lowest BCUT2D eigenvalue weighted by Gasteiger charge is -2.31. The molecule has 0 aliphatic rings. The summed E-state index contributed by atoms with van der Waals surface area (Å²) < 4.78 is 17.2. The molecule has 0 spiro atoms. The fourth-order valence-electron chi connectivity index (χ4n) is 5.87. The second kappa shape index (κ2) is 34.6. The lowest BCUT2D eigenvalue weighted by molar-refractivity contribution is -0.887. The fraction of sp³-hybridized carbons (Fsp3) is 0.791. The Labute approximate surface area is 313 Å². The van der Waals surface area contributed by atoms with Crippen LogP contribution in [-0.2, 0) is 28.6 Å². The molecule has 8 nitrogen and oxygen atoms in total. The number of esters is 2. The number of nitrogens with zero attached hydrogens (tertiary/aromatic N) is 1. The molecule has 0 amide bonds. The summed E-state index contributed by atoms with van der Waals surface area (Å²) in [4.78, 5) is 36.8. The maximum absolute atomic E-state index is 12.6. The Bertz CT molecular complexity index is 937. The Hall–Kier alpha value is -2.45. The normalized spacial score (nSPS) is 13.4. The van der Waals surface area contributed by atoms with E-state index in [1.807, 2.05) is 21.1 Å². The van der Waals surface area contributed by atoms with E-state index < -0.39 is 18.1 Å². The first-order chi connectivity index (χ1) is 24.6. The van der Waals surface area contributed by atoms with Crippen LogP contribution >= 0.6 is 0 Å². The molecule has 2 atom stereocenters. The molecule has 1 N–H and O–H groups in total. The van der Waals surface area contributed by atoms with Crippen molar-refractivity contribution in [2.45, 2.75) is 180 Å². The summed E-state index contributed by atoms with van der Waals surface area (Å²) in [7, 11) is 5.51. The Kier molecular flexibility index (Phi) is 33.0. The molecule has 0 radical (unpaired) electrons. The Morgan fingerprint density at radius 3 is 1.63 bits per heavy atom. The van der Waals surface area contributed by atoms with Crippen molar-refractivity contribution in [3.63, 3.8) is 0 Å². The Morgan fingerprint density at radius 2 is 1.10 bits per heavy atom. The van der Waals surface area contributed by atoms with Crippen molar-refractivity contribution >= 4 is 17.9 Å². The van der Waals surface area contributed by atoms with E-state index >= 15 is 0 Å². The van der Waals surface area contributed by atoms with Gasteiger partial charge in [0.05, 0.1) is 34.4 Å². The second-order valence-electron chi connectivity index (χ2n) is 14.9. The predicted molar refractivity (Wildman–Crippen MR) is 211 cm³/mol. The molecule has 0 saturated heterocycles.